The lowest BCUT2D eigenvalue weighted by Gasteiger charge is -2.28. The number of nitrogens with zero attached hydrogens (tertiary/aromatic N) is 2. The van der Waals surface area contributed by atoms with Crippen LogP contribution in [0.4, 0.5) is 0 Å². The van der Waals surface area contributed by atoms with Crippen molar-refractivity contribution in [2.24, 2.45) is 5.10 Å². The Balaban J connectivity index is 1.35. The highest BCUT2D eigenvalue weighted by molar-refractivity contribution is 9.10. The van der Waals surface area contributed by atoms with Gasteiger partial charge in [0, 0.05) is 25.2 Å². The highest BCUT2D eigenvalue weighted by Crippen LogP contribution is 2.25. The summed E-state index contributed by atoms with van der Waals surface area (Å²) in [5, 5.41) is 4.25. The SMILES string of the molecule is COc1ccc(/C(C)=N\NC(=O)c2ccc(CN3CCc4ccccc4C3)cc2)cc1Br. The number of halogens is 1. The molecule has 0 unspecified atom stereocenters. The molecule has 4 rings (SSSR count). The summed E-state index contributed by atoms with van der Waals surface area (Å²) in [6, 6.07) is 22.1. The van der Waals surface area contributed by atoms with Crippen molar-refractivity contribution in [1.82, 2.24) is 10.3 Å². The number of amides is 1. The summed E-state index contributed by atoms with van der Waals surface area (Å²) in [5.74, 6) is 0.523. The van der Waals surface area contributed by atoms with Crippen LogP contribution in [-0.2, 0) is 19.5 Å². The Bertz CT molecular complexity index is 1140. The van der Waals surface area contributed by atoms with Gasteiger partial charge in [-0.1, -0.05) is 36.4 Å². The molecular weight excluding hydrogens is 466 g/mol. The Morgan fingerprint density at radius 1 is 1.06 bits per heavy atom. The maximum Gasteiger partial charge on any atom is 0.271 e. The molecule has 1 aliphatic rings. The molecule has 0 saturated carbocycles. The number of hydrogen-bond acceptors (Lipinski definition) is 4. The number of benzene rings is 3. The molecule has 3 aromatic carbocycles. The average molecular weight is 492 g/mol. The van der Waals surface area contributed by atoms with E-state index >= 15 is 0 Å². The molecule has 5 nitrogen and oxygen atoms in total. The molecule has 0 atom stereocenters. The van der Waals surface area contributed by atoms with Crippen LogP contribution in [-0.4, -0.2) is 30.2 Å². The van der Waals surface area contributed by atoms with E-state index in [-0.39, 0.29) is 5.91 Å². The first kappa shape index (κ1) is 22.2. The number of fused-ring (bicyclic) bond motifs is 1. The molecule has 6 heteroatoms. The van der Waals surface area contributed by atoms with Crippen LogP contribution in [0.25, 0.3) is 0 Å². The maximum atomic E-state index is 12.5. The molecule has 0 aliphatic carbocycles. The normalized spacial score (nSPS) is 14.0. The van der Waals surface area contributed by atoms with Crippen LogP contribution in [0.3, 0.4) is 0 Å². The number of methoxy groups -OCH3 is 1. The van der Waals surface area contributed by atoms with Gasteiger partial charge in [0.05, 0.1) is 17.3 Å². The summed E-state index contributed by atoms with van der Waals surface area (Å²) in [6.45, 7) is 4.75. The number of rotatable bonds is 6. The molecule has 0 bridgehead atoms. The fourth-order valence-corrected chi connectivity index (χ4v) is 4.40. The first-order valence-electron chi connectivity index (χ1n) is 10.6. The second kappa shape index (κ2) is 10.1. The minimum atomic E-state index is -0.227. The van der Waals surface area contributed by atoms with Crippen molar-refractivity contribution in [2.75, 3.05) is 13.7 Å². The fraction of sp³-hybridized carbons (Fsp3) is 0.231. The lowest BCUT2D eigenvalue weighted by Crippen LogP contribution is -2.30. The Morgan fingerprint density at radius 2 is 1.78 bits per heavy atom. The molecule has 0 fully saturated rings. The van der Waals surface area contributed by atoms with Gasteiger partial charge in [-0.25, -0.2) is 5.43 Å². The van der Waals surface area contributed by atoms with Crippen LogP contribution in [0, 0.1) is 0 Å². The van der Waals surface area contributed by atoms with Crippen molar-refractivity contribution in [3.63, 3.8) is 0 Å². The van der Waals surface area contributed by atoms with Crippen LogP contribution in [0.2, 0.25) is 0 Å². The maximum absolute atomic E-state index is 12.5. The predicted octanol–water partition coefficient (Wildman–Crippen LogP) is 5.17. The zero-order valence-electron chi connectivity index (χ0n) is 18.3. The van der Waals surface area contributed by atoms with Crippen molar-refractivity contribution in [3.05, 3.63) is 99.0 Å². The Kier molecular flexibility index (Phi) is 7.02. The van der Waals surface area contributed by atoms with E-state index in [0.717, 1.165) is 41.8 Å². The number of carbonyl (C=O) groups is 1. The van der Waals surface area contributed by atoms with Gasteiger partial charge < -0.3 is 4.74 Å². The van der Waals surface area contributed by atoms with Crippen LogP contribution in [0.15, 0.2) is 76.3 Å². The third-order valence-corrected chi connectivity index (χ3v) is 6.35. The number of carbonyl (C=O) groups excluding carboxylic acids is 1. The summed E-state index contributed by atoms with van der Waals surface area (Å²) in [4.78, 5) is 15.0. The third kappa shape index (κ3) is 5.26. The molecule has 3 aromatic rings. The summed E-state index contributed by atoms with van der Waals surface area (Å²) in [7, 11) is 1.62. The Labute approximate surface area is 197 Å². The largest absolute Gasteiger partial charge is 0.496 e. The van der Waals surface area contributed by atoms with Crippen molar-refractivity contribution in [2.45, 2.75) is 26.4 Å². The standard InChI is InChI=1S/C26H26BrN3O2/c1-18(22-11-12-25(32-2)24(27)15-22)28-29-26(31)21-9-7-19(8-10-21)16-30-14-13-20-5-3-4-6-23(20)17-30/h3-12,15H,13-14,16-17H2,1-2H3,(H,29,31)/b28-18-. The van der Waals surface area contributed by atoms with Gasteiger partial charge in [-0.3, -0.25) is 9.69 Å². The number of hydrogen-bond donors (Lipinski definition) is 1. The van der Waals surface area contributed by atoms with Crippen molar-refractivity contribution in [3.8, 4) is 5.75 Å². The molecule has 0 spiro atoms. The molecular formula is C26H26BrN3O2. The second-order valence-corrected chi connectivity index (χ2v) is 8.77. The highest BCUT2D eigenvalue weighted by atomic mass is 79.9. The van der Waals surface area contributed by atoms with Gasteiger partial charge >= 0.3 is 0 Å². The first-order valence-corrected chi connectivity index (χ1v) is 11.4. The number of hydrazone groups is 1. The van der Waals surface area contributed by atoms with E-state index in [1.807, 2.05) is 49.4 Å². The van der Waals surface area contributed by atoms with Gasteiger partial charge in [-0.2, -0.15) is 5.10 Å². The molecule has 1 amide bonds. The van der Waals surface area contributed by atoms with Gasteiger partial charge in [0.15, 0.2) is 0 Å². The van der Waals surface area contributed by atoms with Crippen LogP contribution in [0.1, 0.15) is 39.5 Å². The molecule has 0 saturated heterocycles. The van der Waals surface area contributed by atoms with E-state index in [1.165, 1.54) is 16.7 Å². The average Bonchev–Trinajstić information content (AvgIpc) is 2.82. The molecule has 0 aromatic heterocycles. The van der Waals surface area contributed by atoms with Gasteiger partial charge in [0.2, 0.25) is 0 Å². The van der Waals surface area contributed by atoms with Crippen molar-refractivity contribution >= 4 is 27.5 Å². The van der Waals surface area contributed by atoms with Gasteiger partial charge in [0.25, 0.3) is 5.91 Å². The number of nitrogens with one attached hydrogen (secondary N) is 1. The summed E-state index contributed by atoms with van der Waals surface area (Å²) >= 11 is 3.47. The minimum absolute atomic E-state index is 0.227. The quantitative estimate of drug-likeness (QED) is 0.382. The Hall–Kier alpha value is -2.96. The van der Waals surface area contributed by atoms with Crippen molar-refractivity contribution < 1.29 is 9.53 Å². The minimum Gasteiger partial charge on any atom is -0.496 e. The molecule has 0 radical (unpaired) electrons. The van der Waals surface area contributed by atoms with E-state index < -0.39 is 0 Å². The van der Waals surface area contributed by atoms with Gasteiger partial charge in [-0.05, 0) is 81.9 Å². The summed E-state index contributed by atoms with van der Waals surface area (Å²) in [5.41, 5.74) is 8.91. The predicted molar refractivity (Wildman–Crippen MR) is 131 cm³/mol. The van der Waals surface area contributed by atoms with Crippen LogP contribution >= 0.6 is 15.9 Å². The summed E-state index contributed by atoms with van der Waals surface area (Å²) < 4.78 is 6.09. The molecule has 32 heavy (non-hydrogen) atoms. The number of ether oxygens (including phenoxy) is 1. The van der Waals surface area contributed by atoms with Crippen LogP contribution < -0.4 is 10.2 Å². The zero-order chi connectivity index (χ0) is 22.5. The monoisotopic (exact) mass is 491 g/mol. The molecule has 1 heterocycles. The summed E-state index contributed by atoms with van der Waals surface area (Å²) in [6.07, 6.45) is 1.08. The smallest absolute Gasteiger partial charge is 0.271 e. The van der Waals surface area contributed by atoms with E-state index in [2.05, 4.69) is 55.6 Å². The molecule has 164 valence electrons. The van der Waals surface area contributed by atoms with E-state index in [9.17, 15) is 4.79 Å². The van der Waals surface area contributed by atoms with Crippen LogP contribution in [0.5, 0.6) is 5.75 Å². The van der Waals surface area contributed by atoms with Gasteiger partial charge in [0.1, 0.15) is 5.75 Å². The van der Waals surface area contributed by atoms with E-state index in [4.69, 9.17) is 4.74 Å². The van der Waals surface area contributed by atoms with Crippen molar-refractivity contribution in [1.29, 1.82) is 0 Å². The lowest BCUT2D eigenvalue weighted by molar-refractivity contribution is 0.0955. The molecule has 1 aliphatic heterocycles. The zero-order valence-corrected chi connectivity index (χ0v) is 19.9. The lowest BCUT2D eigenvalue weighted by atomic mass is 9.99. The fourth-order valence-electron chi connectivity index (χ4n) is 3.86. The topological polar surface area (TPSA) is 53.9 Å². The molecule has 1 N–H and O–H groups in total. The highest BCUT2D eigenvalue weighted by Gasteiger charge is 2.16. The van der Waals surface area contributed by atoms with Gasteiger partial charge in [-0.15, -0.1) is 0 Å². The van der Waals surface area contributed by atoms with E-state index in [1.54, 1.807) is 7.11 Å². The third-order valence-electron chi connectivity index (χ3n) is 5.73. The second-order valence-electron chi connectivity index (χ2n) is 7.91. The Morgan fingerprint density at radius 3 is 2.50 bits per heavy atom. The first-order chi connectivity index (χ1) is 15.5. The van der Waals surface area contributed by atoms with E-state index in [0.29, 0.717) is 11.3 Å².